The van der Waals surface area contributed by atoms with Gasteiger partial charge in [-0.3, -0.25) is 0 Å². The van der Waals surface area contributed by atoms with Crippen LogP contribution < -0.4 is 10.6 Å². The number of rotatable bonds is 2. The van der Waals surface area contributed by atoms with Crippen LogP contribution in [0.4, 0.5) is 5.95 Å². The Morgan fingerprint density at radius 2 is 1.76 bits per heavy atom. The molecule has 1 aromatic heterocycles. The van der Waals surface area contributed by atoms with Gasteiger partial charge in [0.25, 0.3) is 0 Å². The molecule has 0 spiro atoms. The summed E-state index contributed by atoms with van der Waals surface area (Å²) in [4.78, 5) is 11.3. The summed E-state index contributed by atoms with van der Waals surface area (Å²) in [6, 6.07) is 2.01. The van der Waals surface area contributed by atoms with Crippen molar-refractivity contribution >= 4 is 18.4 Å². The first kappa shape index (κ1) is 14.2. The maximum absolute atomic E-state index is 5.69. The molecule has 5 heteroatoms. The summed E-state index contributed by atoms with van der Waals surface area (Å²) in [5.41, 5.74) is 7.78. The van der Waals surface area contributed by atoms with E-state index in [-0.39, 0.29) is 12.4 Å². The van der Waals surface area contributed by atoms with Crippen LogP contribution in [0.3, 0.4) is 0 Å². The second-order valence-electron chi connectivity index (χ2n) is 4.62. The van der Waals surface area contributed by atoms with Crippen molar-refractivity contribution in [1.82, 2.24) is 9.97 Å². The third-order valence-electron chi connectivity index (χ3n) is 3.20. The second kappa shape index (κ2) is 6.17. The Balaban J connectivity index is 0.00000144. The van der Waals surface area contributed by atoms with Crippen molar-refractivity contribution in [2.45, 2.75) is 26.7 Å². The number of halogens is 1. The summed E-state index contributed by atoms with van der Waals surface area (Å²) in [6.45, 7) is 6.91. The lowest BCUT2D eigenvalue weighted by Gasteiger charge is -2.31. The molecule has 0 bridgehead atoms. The highest BCUT2D eigenvalue weighted by molar-refractivity contribution is 5.85. The largest absolute Gasteiger partial charge is 0.341 e. The molecule has 2 rings (SSSR count). The van der Waals surface area contributed by atoms with Crippen molar-refractivity contribution < 1.29 is 0 Å². The second-order valence-corrected chi connectivity index (χ2v) is 4.62. The average molecular weight is 257 g/mol. The Hall–Kier alpha value is -0.870. The average Bonchev–Trinajstić information content (AvgIpc) is 2.28. The molecule has 0 atom stereocenters. The summed E-state index contributed by atoms with van der Waals surface area (Å²) in [5.74, 6) is 1.56. The van der Waals surface area contributed by atoms with E-state index in [9.17, 15) is 0 Å². The van der Waals surface area contributed by atoms with Gasteiger partial charge < -0.3 is 10.6 Å². The summed E-state index contributed by atoms with van der Waals surface area (Å²) in [7, 11) is 0. The minimum absolute atomic E-state index is 0. The molecule has 0 radical (unpaired) electrons. The molecule has 0 unspecified atom stereocenters. The fourth-order valence-corrected chi connectivity index (χ4v) is 2.22. The predicted molar refractivity (Wildman–Crippen MR) is 72.7 cm³/mol. The SMILES string of the molecule is Cc1cc(C)nc(N2CCC(CN)CC2)n1.Cl. The number of hydrogen-bond acceptors (Lipinski definition) is 4. The molecule has 96 valence electrons. The molecule has 0 saturated carbocycles. The maximum Gasteiger partial charge on any atom is 0.225 e. The molecule has 4 nitrogen and oxygen atoms in total. The van der Waals surface area contributed by atoms with Gasteiger partial charge in [0.05, 0.1) is 0 Å². The standard InChI is InChI=1S/C12H20N4.ClH/c1-9-7-10(2)15-12(14-9)16-5-3-11(8-13)4-6-16;/h7,11H,3-6,8,13H2,1-2H3;1H. The number of aromatic nitrogens is 2. The molecule has 1 saturated heterocycles. The van der Waals surface area contributed by atoms with Crippen molar-refractivity contribution in [3.8, 4) is 0 Å². The molecular formula is C12H21ClN4. The molecule has 0 amide bonds. The van der Waals surface area contributed by atoms with E-state index < -0.39 is 0 Å². The van der Waals surface area contributed by atoms with Crippen molar-refractivity contribution in [2.75, 3.05) is 24.5 Å². The normalized spacial score (nSPS) is 16.8. The zero-order valence-corrected chi connectivity index (χ0v) is 11.3. The van der Waals surface area contributed by atoms with Gasteiger partial charge in [-0.25, -0.2) is 9.97 Å². The number of nitrogens with zero attached hydrogens (tertiary/aromatic N) is 3. The van der Waals surface area contributed by atoms with E-state index in [0.29, 0.717) is 5.92 Å². The van der Waals surface area contributed by atoms with Gasteiger partial charge in [-0.2, -0.15) is 0 Å². The molecule has 2 heterocycles. The highest BCUT2D eigenvalue weighted by Crippen LogP contribution is 2.20. The number of nitrogens with two attached hydrogens (primary N) is 1. The van der Waals surface area contributed by atoms with E-state index in [2.05, 4.69) is 14.9 Å². The van der Waals surface area contributed by atoms with Crippen LogP contribution in [0.2, 0.25) is 0 Å². The van der Waals surface area contributed by atoms with Crippen molar-refractivity contribution in [3.05, 3.63) is 17.5 Å². The van der Waals surface area contributed by atoms with E-state index in [1.54, 1.807) is 0 Å². The smallest absolute Gasteiger partial charge is 0.225 e. The molecule has 1 aromatic rings. The van der Waals surface area contributed by atoms with Gasteiger partial charge in [-0.15, -0.1) is 12.4 Å². The summed E-state index contributed by atoms with van der Waals surface area (Å²) < 4.78 is 0. The summed E-state index contributed by atoms with van der Waals surface area (Å²) in [5, 5.41) is 0. The van der Waals surface area contributed by atoms with Gasteiger partial charge in [-0.1, -0.05) is 0 Å². The van der Waals surface area contributed by atoms with Crippen molar-refractivity contribution in [3.63, 3.8) is 0 Å². The van der Waals surface area contributed by atoms with Crippen LogP contribution in [0.1, 0.15) is 24.2 Å². The molecule has 2 N–H and O–H groups in total. The topological polar surface area (TPSA) is 55.0 Å². The Bertz CT molecular complexity index is 341. The van der Waals surface area contributed by atoms with Crippen LogP contribution in [-0.2, 0) is 0 Å². The molecule has 1 aliphatic rings. The monoisotopic (exact) mass is 256 g/mol. The fourth-order valence-electron chi connectivity index (χ4n) is 2.22. The molecule has 1 fully saturated rings. The molecular weight excluding hydrogens is 236 g/mol. The van der Waals surface area contributed by atoms with Crippen LogP contribution in [0, 0.1) is 19.8 Å². The van der Waals surface area contributed by atoms with Crippen LogP contribution in [0.5, 0.6) is 0 Å². The number of anilines is 1. The van der Waals surface area contributed by atoms with Crippen LogP contribution in [-0.4, -0.2) is 29.6 Å². The quantitative estimate of drug-likeness (QED) is 0.875. The van der Waals surface area contributed by atoms with E-state index in [0.717, 1.165) is 49.8 Å². The van der Waals surface area contributed by atoms with E-state index in [1.165, 1.54) is 0 Å². The Morgan fingerprint density at radius 3 is 2.24 bits per heavy atom. The Labute approximate surface area is 109 Å². The van der Waals surface area contributed by atoms with Gasteiger partial charge in [0.2, 0.25) is 5.95 Å². The van der Waals surface area contributed by atoms with Crippen molar-refractivity contribution in [2.24, 2.45) is 11.7 Å². The van der Waals surface area contributed by atoms with Crippen LogP contribution >= 0.6 is 12.4 Å². The third kappa shape index (κ3) is 3.54. The first-order valence-corrected chi connectivity index (χ1v) is 5.96. The minimum Gasteiger partial charge on any atom is -0.341 e. The fraction of sp³-hybridized carbons (Fsp3) is 0.667. The first-order chi connectivity index (χ1) is 7.69. The lowest BCUT2D eigenvalue weighted by atomic mass is 9.97. The molecule has 1 aliphatic heterocycles. The van der Waals surface area contributed by atoms with Gasteiger partial charge in [0.15, 0.2) is 0 Å². The van der Waals surface area contributed by atoms with Gasteiger partial charge in [-0.05, 0) is 45.2 Å². The predicted octanol–water partition coefficient (Wildman–Crippen LogP) is 1.69. The molecule has 0 aromatic carbocycles. The van der Waals surface area contributed by atoms with E-state index in [4.69, 9.17) is 5.73 Å². The van der Waals surface area contributed by atoms with Gasteiger partial charge >= 0.3 is 0 Å². The van der Waals surface area contributed by atoms with Gasteiger partial charge in [0.1, 0.15) is 0 Å². The maximum atomic E-state index is 5.69. The van der Waals surface area contributed by atoms with E-state index >= 15 is 0 Å². The zero-order valence-electron chi connectivity index (χ0n) is 10.5. The van der Waals surface area contributed by atoms with Gasteiger partial charge in [0, 0.05) is 24.5 Å². The Kier molecular flexibility index (Phi) is 5.15. The summed E-state index contributed by atoms with van der Waals surface area (Å²) >= 11 is 0. The van der Waals surface area contributed by atoms with E-state index in [1.807, 2.05) is 19.9 Å². The van der Waals surface area contributed by atoms with Crippen LogP contribution in [0.15, 0.2) is 6.07 Å². The lowest BCUT2D eigenvalue weighted by Crippen LogP contribution is -2.37. The third-order valence-corrected chi connectivity index (χ3v) is 3.20. The zero-order chi connectivity index (χ0) is 11.5. The molecule has 0 aliphatic carbocycles. The molecule has 17 heavy (non-hydrogen) atoms. The summed E-state index contributed by atoms with van der Waals surface area (Å²) in [6.07, 6.45) is 2.32. The lowest BCUT2D eigenvalue weighted by molar-refractivity contribution is 0.411. The first-order valence-electron chi connectivity index (χ1n) is 5.96. The Morgan fingerprint density at radius 1 is 1.24 bits per heavy atom. The highest BCUT2D eigenvalue weighted by Gasteiger charge is 2.19. The number of aryl methyl sites for hydroxylation is 2. The van der Waals surface area contributed by atoms with Crippen molar-refractivity contribution in [1.29, 1.82) is 0 Å². The highest BCUT2D eigenvalue weighted by atomic mass is 35.5. The van der Waals surface area contributed by atoms with Crippen LogP contribution in [0.25, 0.3) is 0 Å². The number of piperidine rings is 1. The minimum atomic E-state index is 0. The number of hydrogen-bond donors (Lipinski definition) is 1.